The summed E-state index contributed by atoms with van der Waals surface area (Å²) < 4.78 is 42.1. The highest BCUT2D eigenvalue weighted by Gasteiger charge is 2.30. The van der Waals surface area contributed by atoms with Crippen LogP contribution in [0.1, 0.15) is 10.4 Å². The number of aromatic nitrogens is 3. The van der Waals surface area contributed by atoms with Crippen molar-refractivity contribution in [2.24, 2.45) is 0 Å². The Morgan fingerprint density at radius 1 is 1.17 bits per heavy atom. The molecule has 0 aliphatic rings. The van der Waals surface area contributed by atoms with E-state index in [2.05, 4.69) is 14.8 Å². The normalized spacial score (nSPS) is 11.6. The van der Waals surface area contributed by atoms with E-state index in [0.29, 0.717) is 5.69 Å². The SMILES string of the molecule is O=C(OCC(F)(F)F)c1cnn2c(-c3ccccc3)ccnc12. The van der Waals surface area contributed by atoms with Crippen molar-refractivity contribution >= 4 is 11.6 Å². The minimum Gasteiger partial charge on any atom is -0.452 e. The maximum Gasteiger partial charge on any atom is 0.422 e. The lowest BCUT2D eigenvalue weighted by Gasteiger charge is -2.07. The lowest BCUT2D eigenvalue weighted by Crippen LogP contribution is -2.20. The van der Waals surface area contributed by atoms with Crippen LogP contribution < -0.4 is 0 Å². The van der Waals surface area contributed by atoms with Crippen molar-refractivity contribution in [3.63, 3.8) is 0 Å². The monoisotopic (exact) mass is 321 g/mol. The molecule has 0 bridgehead atoms. The zero-order valence-corrected chi connectivity index (χ0v) is 11.6. The van der Waals surface area contributed by atoms with E-state index in [0.717, 1.165) is 11.8 Å². The highest BCUT2D eigenvalue weighted by molar-refractivity contribution is 5.96. The number of hydrogen-bond donors (Lipinski definition) is 0. The second-order valence-corrected chi connectivity index (χ2v) is 4.68. The molecule has 0 saturated heterocycles. The molecular formula is C15H10F3N3O2. The van der Waals surface area contributed by atoms with Crippen LogP contribution >= 0.6 is 0 Å². The lowest BCUT2D eigenvalue weighted by molar-refractivity contribution is -0.161. The van der Waals surface area contributed by atoms with Crippen LogP contribution in [0.5, 0.6) is 0 Å². The molecule has 8 heteroatoms. The molecule has 0 amide bonds. The van der Waals surface area contributed by atoms with E-state index >= 15 is 0 Å². The van der Waals surface area contributed by atoms with Crippen LogP contribution in [-0.4, -0.2) is 33.4 Å². The summed E-state index contributed by atoms with van der Waals surface area (Å²) in [5, 5.41) is 4.03. The first-order valence-corrected chi connectivity index (χ1v) is 6.58. The molecule has 5 nitrogen and oxygen atoms in total. The van der Waals surface area contributed by atoms with Crippen LogP contribution in [0.15, 0.2) is 48.8 Å². The predicted octanol–water partition coefficient (Wildman–Crippen LogP) is 3.12. The van der Waals surface area contributed by atoms with Gasteiger partial charge in [0.15, 0.2) is 12.3 Å². The highest BCUT2D eigenvalue weighted by Crippen LogP contribution is 2.21. The molecule has 0 radical (unpaired) electrons. The molecule has 2 heterocycles. The van der Waals surface area contributed by atoms with Crippen LogP contribution in [0.2, 0.25) is 0 Å². The van der Waals surface area contributed by atoms with Crippen LogP contribution in [-0.2, 0) is 4.74 Å². The number of fused-ring (bicyclic) bond motifs is 1. The molecule has 0 spiro atoms. The third-order valence-corrected chi connectivity index (χ3v) is 3.06. The average molecular weight is 321 g/mol. The number of esters is 1. The fraction of sp³-hybridized carbons (Fsp3) is 0.133. The van der Waals surface area contributed by atoms with E-state index in [1.807, 2.05) is 30.3 Å². The summed E-state index contributed by atoms with van der Waals surface area (Å²) in [5.74, 6) is -1.12. The number of nitrogens with zero attached hydrogens (tertiary/aromatic N) is 3. The van der Waals surface area contributed by atoms with Crippen molar-refractivity contribution in [1.82, 2.24) is 14.6 Å². The summed E-state index contributed by atoms with van der Waals surface area (Å²) >= 11 is 0. The molecule has 1 aromatic carbocycles. The summed E-state index contributed by atoms with van der Waals surface area (Å²) in [6.45, 7) is -1.65. The van der Waals surface area contributed by atoms with Gasteiger partial charge in [-0.2, -0.15) is 18.3 Å². The number of hydrogen-bond acceptors (Lipinski definition) is 4. The van der Waals surface area contributed by atoms with Gasteiger partial charge in [-0.3, -0.25) is 0 Å². The number of benzene rings is 1. The van der Waals surface area contributed by atoms with Gasteiger partial charge in [0.2, 0.25) is 0 Å². The molecule has 0 saturated carbocycles. The number of halogens is 3. The maximum atomic E-state index is 12.1. The molecule has 0 atom stereocenters. The zero-order chi connectivity index (χ0) is 16.4. The molecule has 2 aromatic heterocycles. The smallest absolute Gasteiger partial charge is 0.422 e. The van der Waals surface area contributed by atoms with Crippen LogP contribution in [0, 0.1) is 0 Å². The molecule has 0 unspecified atom stereocenters. The van der Waals surface area contributed by atoms with Crippen molar-refractivity contribution in [1.29, 1.82) is 0 Å². The first kappa shape index (κ1) is 15.0. The number of carbonyl (C=O) groups is 1. The van der Waals surface area contributed by atoms with Gasteiger partial charge in [0.1, 0.15) is 5.56 Å². The molecule has 0 aliphatic heterocycles. The van der Waals surface area contributed by atoms with Crippen molar-refractivity contribution in [2.45, 2.75) is 6.18 Å². The zero-order valence-electron chi connectivity index (χ0n) is 11.6. The molecule has 0 fully saturated rings. The molecular weight excluding hydrogens is 311 g/mol. The minimum absolute atomic E-state index is 0.118. The fourth-order valence-electron chi connectivity index (χ4n) is 2.09. The summed E-state index contributed by atoms with van der Waals surface area (Å²) in [6.07, 6.45) is -1.98. The Kier molecular flexibility index (Phi) is 3.73. The first-order chi connectivity index (χ1) is 11.0. The molecule has 118 valence electrons. The molecule has 3 rings (SSSR count). The first-order valence-electron chi connectivity index (χ1n) is 6.58. The summed E-state index contributed by atoms with van der Waals surface area (Å²) in [7, 11) is 0. The standard InChI is InChI=1S/C15H10F3N3O2/c16-15(17,18)9-23-14(22)11-8-20-21-12(6-7-19-13(11)21)10-4-2-1-3-5-10/h1-8H,9H2. The van der Waals surface area contributed by atoms with E-state index in [1.165, 1.54) is 10.7 Å². The average Bonchev–Trinajstić information content (AvgIpc) is 2.97. The third kappa shape index (κ3) is 3.15. The molecule has 0 N–H and O–H groups in total. The largest absolute Gasteiger partial charge is 0.452 e. The quantitative estimate of drug-likeness (QED) is 0.696. The van der Waals surface area contributed by atoms with E-state index in [-0.39, 0.29) is 11.2 Å². The van der Waals surface area contributed by atoms with Gasteiger partial charge < -0.3 is 4.74 Å². The van der Waals surface area contributed by atoms with Crippen LogP contribution in [0.3, 0.4) is 0 Å². The Bertz CT molecular complexity index is 844. The second-order valence-electron chi connectivity index (χ2n) is 4.68. The van der Waals surface area contributed by atoms with E-state index < -0.39 is 18.8 Å². The van der Waals surface area contributed by atoms with Crippen molar-refractivity contribution in [3.05, 3.63) is 54.4 Å². The van der Waals surface area contributed by atoms with Gasteiger partial charge in [-0.15, -0.1) is 0 Å². The molecule has 0 aliphatic carbocycles. The predicted molar refractivity (Wildman–Crippen MR) is 74.8 cm³/mol. The second kappa shape index (κ2) is 5.71. The van der Waals surface area contributed by atoms with Gasteiger partial charge in [0.25, 0.3) is 0 Å². The van der Waals surface area contributed by atoms with Gasteiger partial charge in [0, 0.05) is 11.8 Å². The fourth-order valence-corrected chi connectivity index (χ4v) is 2.09. The Morgan fingerprint density at radius 3 is 2.61 bits per heavy atom. The Balaban J connectivity index is 1.97. The van der Waals surface area contributed by atoms with E-state index in [9.17, 15) is 18.0 Å². The van der Waals surface area contributed by atoms with Gasteiger partial charge in [-0.1, -0.05) is 30.3 Å². The maximum absolute atomic E-state index is 12.1. The summed E-state index contributed by atoms with van der Waals surface area (Å²) in [5.41, 5.74) is 1.51. The number of rotatable bonds is 3. The van der Waals surface area contributed by atoms with Crippen LogP contribution in [0.4, 0.5) is 13.2 Å². The van der Waals surface area contributed by atoms with Gasteiger partial charge >= 0.3 is 12.1 Å². The Hall–Kier alpha value is -2.90. The van der Waals surface area contributed by atoms with E-state index in [1.54, 1.807) is 6.07 Å². The Labute approximate surface area is 128 Å². The van der Waals surface area contributed by atoms with Crippen molar-refractivity contribution in [2.75, 3.05) is 6.61 Å². The highest BCUT2D eigenvalue weighted by atomic mass is 19.4. The summed E-state index contributed by atoms with van der Waals surface area (Å²) in [4.78, 5) is 15.8. The van der Waals surface area contributed by atoms with Crippen LogP contribution in [0.25, 0.3) is 16.9 Å². The third-order valence-electron chi connectivity index (χ3n) is 3.06. The number of carbonyl (C=O) groups excluding carboxylic acids is 1. The summed E-state index contributed by atoms with van der Waals surface area (Å²) in [6, 6.07) is 10.9. The van der Waals surface area contributed by atoms with E-state index in [4.69, 9.17) is 0 Å². The Morgan fingerprint density at radius 2 is 1.91 bits per heavy atom. The lowest BCUT2D eigenvalue weighted by atomic mass is 10.1. The van der Waals surface area contributed by atoms with Gasteiger partial charge in [-0.25, -0.2) is 14.3 Å². The number of ether oxygens (including phenoxy) is 1. The van der Waals surface area contributed by atoms with Gasteiger partial charge in [-0.05, 0) is 6.07 Å². The topological polar surface area (TPSA) is 56.5 Å². The van der Waals surface area contributed by atoms with Crippen molar-refractivity contribution in [3.8, 4) is 11.3 Å². The number of alkyl halides is 3. The molecule has 23 heavy (non-hydrogen) atoms. The van der Waals surface area contributed by atoms with Gasteiger partial charge in [0.05, 0.1) is 11.9 Å². The minimum atomic E-state index is -4.58. The molecule has 3 aromatic rings. The van der Waals surface area contributed by atoms with Crippen molar-refractivity contribution < 1.29 is 22.7 Å².